The summed E-state index contributed by atoms with van der Waals surface area (Å²) in [6.07, 6.45) is 8.70. The van der Waals surface area contributed by atoms with Gasteiger partial charge in [0.15, 0.2) is 0 Å². The molecule has 2 unspecified atom stereocenters. The monoisotopic (exact) mass is 292 g/mol. The van der Waals surface area contributed by atoms with E-state index in [9.17, 15) is 5.11 Å². The summed E-state index contributed by atoms with van der Waals surface area (Å²) in [5.74, 6) is 0. The number of hydrogen-bond acceptors (Lipinski definition) is 5. The molecule has 2 aromatic heterocycles. The molecule has 1 aliphatic heterocycles. The van der Waals surface area contributed by atoms with Gasteiger partial charge in [-0.2, -0.15) is 5.10 Å². The van der Waals surface area contributed by atoms with Crippen molar-refractivity contribution in [1.82, 2.24) is 19.7 Å². The molecule has 0 aliphatic carbocycles. The fourth-order valence-corrected chi connectivity index (χ4v) is 3.65. The number of piperidine rings is 1. The van der Waals surface area contributed by atoms with Gasteiger partial charge in [-0.1, -0.05) is 6.42 Å². The van der Waals surface area contributed by atoms with Gasteiger partial charge in [0.2, 0.25) is 0 Å². The van der Waals surface area contributed by atoms with E-state index < -0.39 is 6.10 Å². The highest BCUT2D eigenvalue weighted by atomic mass is 32.1. The van der Waals surface area contributed by atoms with Crippen LogP contribution in [-0.2, 0) is 6.54 Å². The van der Waals surface area contributed by atoms with Crippen molar-refractivity contribution in [1.29, 1.82) is 0 Å². The van der Waals surface area contributed by atoms with E-state index in [0.717, 1.165) is 13.0 Å². The summed E-state index contributed by atoms with van der Waals surface area (Å²) in [6, 6.07) is 2.25. The second kappa shape index (κ2) is 6.47. The van der Waals surface area contributed by atoms with Gasteiger partial charge >= 0.3 is 0 Å². The first-order valence-electron chi connectivity index (χ1n) is 7.12. The van der Waals surface area contributed by atoms with Crippen molar-refractivity contribution in [2.45, 2.75) is 38.0 Å². The zero-order valence-corrected chi connectivity index (χ0v) is 12.2. The topological polar surface area (TPSA) is 54.2 Å². The van der Waals surface area contributed by atoms with Crippen molar-refractivity contribution in [3.05, 3.63) is 35.0 Å². The smallest absolute Gasteiger partial charge is 0.110 e. The molecule has 20 heavy (non-hydrogen) atoms. The Labute approximate surface area is 122 Å². The largest absolute Gasteiger partial charge is 0.390 e. The minimum atomic E-state index is -0.393. The van der Waals surface area contributed by atoms with E-state index in [4.69, 9.17) is 0 Å². The zero-order valence-electron chi connectivity index (χ0n) is 11.4. The predicted octanol–water partition coefficient (Wildman–Crippen LogP) is 1.93. The Morgan fingerprint density at radius 3 is 3.05 bits per heavy atom. The highest BCUT2D eigenvalue weighted by Crippen LogP contribution is 2.31. The van der Waals surface area contributed by atoms with Crippen molar-refractivity contribution in [3.63, 3.8) is 0 Å². The molecule has 1 aliphatic rings. The first-order valence-corrected chi connectivity index (χ1v) is 8.00. The van der Waals surface area contributed by atoms with Crippen LogP contribution < -0.4 is 0 Å². The van der Waals surface area contributed by atoms with Crippen molar-refractivity contribution in [2.75, 3.05) is 13.1 Å². The third-order valence-electron chi connectivity index (χ3n) is 3.75. The standard InChI is InChI=1S/C14H20N4OS/c19-12(11-18-8-3-5-16-18)10-17-7-2-1-4-13(17)14-15-6-9-20-14/h3,5-6,8-9,12-13,19H,1-2,4,7,10-11H2. The average molecular weight is 292 g/mol. The second-order valence-corrected chi connectivity index (χ2v) is 6.18. The quantitative estimate of drug-likeness (QED) is 0.915. The van der Waals surface area contributed by atoms with Crippen molar-refractivity contribution < 1.29 is 5.11 Å². The summed E-state index contributed by atoms with van der Waals surface area (Å²) in [5, 5.41) is 17.6. The summed E-state index contributed by atoms with van der Waals surface area (Å²) in [6.45, 7) is 2.28. The molecule has 1 N–H and O–H groups in total. The second-order valence-electron chi connectivity index (χ2n) is 5.26. The highest BCUT2D eigenvalue weighted by Gasteiger charge is 2.27. The van der Waals surface area contributed by atoms with Crippen LogP contribution in [0.15, 0.2) is 30.0 Å². The van der Waals surface area contributed by atoms with E-state index in [-0.39, 0.29) is 0 Å². The van der Waals surface area contributed by atoms with Crippen LogP contribution in [0, 0.1) is 0 Å². The van der Waals surface area contributed by atoms with Crippen LogP contribution in [0.1, 0.15) is 30.3 Å². The van der Waals surface area contributed by atoms with Gasteiger partial charge in [-0.25, -0.2) is 4.98 Å². The number of rotatable bonds is 5. The molecule has 2 atom stereocenters. The molecule has 1 fully saturated rings. The van der Waals surface area contributed by atoms with E-state index in [0.29, 0.717) is 19.1 Å². The fraction of sp³-hybridized carbons (Fsp3) is 0.571. The lowest BCUT2D eigenvalue weighted by Crippen LogP contribution is -2.40. The molecule has 0 amide bonds. The minimum absolute atomic E-state index is 0.371. The number of β-amino-alcohol motifs (C(OH)–C–C–N with tert-alkyl or cyclic N) is 1. The number of aliphatic hydroxyl groups is 1. The summed E-state index contributed by atoms with van der Waals surface area (Å²) in [5.41, 5.74) is 0. The molecule has 108 valence electrons. The maximum Gasteiger partial charge on any atom is 0.110 e. The van der Waals surface area contributed by atoms with Crippen LogP contribution in [-0.4, -0.2) is 44.0 Å². The molecule has 0 radical (unpaired) electrons. The first kappa shape index (κ1) is 13.7. The Bertz CT molecular complexity index is 499. The average Bonchev–Trinajstić information content (AvgIpc) is 3.11. The molecule has 0 saturated carbocycles. The van der Waals surface area contributed by atoms with E-state index in [1.165, 1.54) is 17.8 Å². The predicted molar refractivity (Wildman–Crippen MR) is 78.5 cm³/mol. The highest BCUT2D eigenvalue weighted by molar-refractivity contribution is 7.09. The number of thiazole rings is 1. The Morgan fingerprint density at radius 2 is 2.30 bits per heavy atom. The fourth-order valence-electron chi connectivity index (χ4n) is 2.84. The van der Waals surface area contributed by atoms with Crippen LogP contribution in [0.2, 0.25) is 0 Å². The number of aromatic nitrogens is 3. The molecule has 5 nitrogen and oxygen atoms in total. The van der Waals surface area contributed by atoms with E-state index in [1.54, 1.807) is 22.2 Å². The zero-order chi connectivity index (χ0) is 13.8. The van der Waals surface area contributed by atoms with Crippen LogP contribution in [0.25, 0.3) is 0 Å². The summed E-state index contributed by atoms with van der Waals surface area (Å²) in [7, 11) is 0. The first-order chi connectivity index (χ1) is 9.83. The van der Waals surface area contributed by atoms with Gasteiger partial charge < -0.3 is 5.11 Å². The summed E-state index contributed by atoms with van der Waals surface area (Å²) in [4.78, 5) is 6.82. The minimum Gasteiger partial charge on any atom is -0.390 e. The van der Waals surface area contributed by atoms with Gasteiger partial charge in [-0.05, 0) is 25.5 Å². The van der Waals surface area contributed by atoms with Gasteiger partial charge in [-0.15, -0.1) is 11.3 Å². The molecule has 0 aromatic carbocycles. The SMILES string of the molecule is OC(CN1CCCCC1c1nccs1)Cn1cccn1. The Kier molecular flexibility index (Phi) is 4.44. The molecular weight excluding hydrogens is 272 g/mol. The van der Waals surface area contributed by atoms with Crippen LogP contribution in [0.3, 0.4) is 0 Å². The Morgan fingerprint density at radius 1 is 1.35 bits per heavy atom. The van der Waals surface area contributed by atoms with Crippen molar-refractivity contribution in [2.24, 2.45) is 0 Å². The maximum atomic E-state index is 10.3. The lowest BCUT2D eigenvalue weighted by molar-refractivity contribution is 0.0559. The van der Waals surface area contributed by atoms with Crippen LogP contribution >= 0.6 is 11.3 Å². The van der Waals surface area contributed by atoms with E-state index in [1.807, 2.05) is 23.8 Å². The number of likely N-dealkylation sites (tertiary alicyclic amines) is 1. The Hall–Kier alpha value is -1.24. The van der Waals surface area contributed by atoms with Crippen molar-refractivity contribution >= 4 is 11.3 Å². The third-order valence-corrected chi connectivity index (χ3v) is 4.63. The Balaban J connectivity index is 1.62. The van der Waals surface area contributed by atoms with Crippen LogP contribution in [0.4, 0.5) is 0 Å². The molecule has 6 heteroatoms. The normalized spacial score (nSPS) is 21.9. The molecule has 0 spiro atoms. The number of aliphatic hydroxyl groups excluding tert-OH is 1. The van der Waals surface area contributed by atoms with Gasteiger partial charge in [0.25, 0.3) is 0 Å². The molecule has 3 rings (SSSR count). The summed E-state index contributed by atoms with van der Waals surface area (Å²) >= 11 is 1.71. The molecular formula is C14H20N4OS. The van der Waals surface area contributed by atoms with Gasteiger partial charge in [0.1, 0.15) is 5.01 Å². The van der Waals surface area contributed by atoms with E-state index in [2.05, 4.69) is 15.0 Å². The molecule has 3 heterocycles. The van der Waals surface area contributed by atoms with Gasteiger partial charge in [0.05, 0.1) is 18.7 Å². The van der Waals surface area contributed by atoms with Crippen molar-refractivity contribution in [3.8, 4) is 0 Å². The number of nitrogens with zero attached hydrogens (tertiary/aromatic N) is 4. The maximum absolute atomic E-state index is 10.3. The molecule has 2 aromatic rings. The lowest BCUT2D eigenvalue weighted by Gasteiger charge is -2.35. The van der Waals surface area contributed by atoms with Gasteiger partial charge in [-0.3, -0.25) is 9.58 Å². The summed E-state index contributed by atoms with van der Waals surface area (Å²) < 4.78 is 1.78. The molecule has 1 saturated heterocycles. The number of hydrogen-bond donors (Lipinski definition) is 1. The molecule has 0 bridgehead atoms. The lowest BCUT2D eigenvalue weighted by atomic mass is 10.0. The van der Waals surface area contributed by atoms with Crippen LogP contribution in [0.5, 0.6) is 0 Å². The van der Waals surface area contributed by atoms with E-state index >= 15 is 0 Å². The third kappa shape index (κ3) is 3.26. The van der Waals surface area contributed by atoms with Gasteiger partial charge in [0, 0.05) is 30.5 Å².